The van der Waals surface area contributed by atoms with Crippen LogP contribution < -0.4 is 34.0 Å². The SMILES string of the molecule is CCCCCCCCCCCCCCCC[N+](C)(C)CCCCCC[N+](C)(C)CCCCCCCC.[Br-].[Br-]. The maximum Gasteiger partial charge on any atom is 0.0782 e. The van der Waals surface area contributed by atoms with Gasteiger partial charge in [0.05, 0.1) is 54.4 Å². The first-order chi connectivity index (χ1) is 17.3. The molecule has 2 nitrogen and oxygen atoms in total. The predicted molar refractivity (Wildman–Crippen MR) is 166 cm³/mol. The first-order valence-corrected chi connectivity index (χ1v) is 17.0. The topological polar surface area (TPSA) is 0 Å². The summed E-state index contributed by atoms with van der Waals surface area (Å²) in [6, 6.07) is 0. The first-order valence-electron chi connectivity index (χ1n) is 17.0. The summed E-state index contributed by atoms with van der Waals surface area (Å²) in [6.45, 7) is 10.1. The second kappa shape index (κ2) is 30.8. The van der Waals surface area contributed by atoms with Gasteiger partial charge in [0, 0.05) is 0 Å². The lowest BCUT2D eigenvalue weighted by molar-refractivity contribution is -0.891. The summed E-state index contributed by atoms with van der Waals surface area (Å²) in [7, 11) is 9.82. The van der Waals surface area contributed by atoms with Crippen LogP contribution in [0.5, 0.6) is 0 Å². The lowest BCUT2D eigenvalue weighted by Gasteiger charge is -2.31. The second-order valence-corrected chi connectivity index (χ2v) is 13.5. The van der Waals surface area contributed by atoms with Crippen molar-refractivity contribution < 1.29 is 42.9 Å². The van der Waals surface area contributed by atoms with Crippen molar-refractivity contribution in [1.29, 1.82) is 0 Å². The third-order valence-corrected chi connectivity index (χ3v) is 8.51. The van der Waals surface area contributed by atoms with E-state index in [2.05, 4.69) is 42.0 Å². The summed E-state index contributed by atoms with van der Waals surface area (Å²) >= 11 is 0. The Morgan fingerprint density at radius 1 is 0.263 bits per heavy atom. The molecule has 0 radical (unpaired) electrons. The van der Waals surface area contributed by atoms with Crippen molar-refractivity contribution in [2.24, 2.45) is 0 Å². The summed E-state index contributed by atoms with van der Waals surface area (Å²) in [4.78, 5) is 0. The van der Waals surface area contributed by atoms with E-state index >= 15 is 0 Å². The minimum atomic E-state index is 0. The second-order valence-electron chi connectivity index (χ2n) is 13.5. The molecule has 0 unspecified atom stereocenters. The highest BCUT2D eigenvalue weighted by atomic mass is 79.9. The highest BCUT2D eigenvalue weighted by Gasteiger charge is 2.15. The van der Waals surface area contributed by atoms with Gasteiger partial charge in [0.25, 0.3) is 0 Å². The molecular formula is C34H74Br2N2. The molecule has 0 aromatic carbocycles. The number of hydrogen-bond donors (Lipinski definition) is 0. The molecule has 38 heavy (non-hydrogen) atoms. The Balaban J connectivity index is -0.00000612. The standard InChI is InChI=1S/C34H74N2.2BrH/c1-7-9-11-13-15-16-17-18-19-20-21-22-24-28-32-36(5,6)34-30-26-25-29-33-35(3,4)31-27-23-14-12-10-8-2;;/h7-34H2,1-6H3;2*1H/q+2;;/p-2. The molecule has 0 aromatic rings. The van der Waals surface area contributed by atoms with Crippen LogP contribution >= 0.6 is 0 Å². The Hall–Kier alpha value is 0.880. The zero-order valence-electron chi connectivity index (χ0n) is 27.4. The minimum absolute atomic E-state index is 0. The van der Waals surface area contributed by atoms with Crippen molar-refractivity contribution in [3.8, 4) is 0 Å². The summed E-state index contributed by atoms with van der Waals surface area (Å²) in [5, 5.41) is 0. The van der Waals surface area contributed by atoms with Gasteiger partial charge in [-0.25, -0.2) is 0 Å². The Kier molecular flexibility index (Phi) is 35.2. The zero-order valence-corrected chi connectivity index (χ0v) is 30.6. The van der Waals surface area contributed by atoms with Gasteiger partial charge in [-0.2, -0.15) is 0 Å². The van der Waals surface area contributed by atoms with Crippen LogP contribution in [0.4, 0.5) is 0 Å². The molecule has 0 spiro atoms. The third-order valence-electron chi connectivity index (χ3n) is 8.51. The maximum absolute atomic E-state index is 2.46. The van der Waals surface area contributed by atoms with Gasteiger partial charge in [-0.05, 0) is 51.4 Å². The first kappa shape index (κ1) is 43.3. The molecule has 234 valence electrons. The molecule has 0 saturated carbocycles. The highest BCUT2D eigenvalue weighted by Crippen LogP contribution is 2.15. The van der Waals surface area contributed by atoms with E-state index in [1.54, 1.807) is 0 Å². The van der Waals surface area contributed by atoms with Gasteiger partial charge >= 0.3 is 0 Å². The average molecular weight is 671 g/mol. The molecule has 0 fully saturated rings. The highest BCUT2D eigenvalue weighted by molar-refractivity contribution is 4.51. The number of rotatable bonds is 29. The Morgan fingerprint density at radius 3 is 0.605 bits per heavy atom. The quantitative estimate of drug-likeness (QED) is 0.0810. The van der Waals surface area contributed by atoms with Gasteiger partial charge in [-0.3, -0.25) is 0 Å². The predicted octanol–water partition coefficient (Wildman–Crippen LogP) is 4.55. The van der Waals surface area contributed by atoms with Crippen LogP contribution in [0, 0.1) is 0 Å². The summed E-state index contributed by atoms with van der Waals surface area (Å²) in [5.41, 5.74) is 0. The van der Waals surface area contributed by atoms with E-state index < -0.39 is 0 Å². The lowest BCUT2D eigenvalue weighted by atomic mass is 10.0. The molecule has 0 atom stereocenters. The van der Waals surface area contributed by atoms with Crippen molar-refractivity contribution in [3.05, 3.63) is 0 Å². The molecule has 0 rings (SSSR count). The van der Waals surface area contributed by atoms with Gasteiger partial charge in [-0.1, -0.05) is 117 Å². The molecule has 0 amide bonds. The van der Waals surface area contributed by atoms with Gasteiger partial charge < -0.3 is 42.9 Å². The van der Waals surface area contributed by atoms with Gasteiger partial charge in [-0.15, -0.1) is 0 Å². The van der Waals surface area contributed by atoms with E-state index in [0.29, 0.717) is 0 Å². The van der Waals surface area contributed by atoms with E-state index in [1.165, 1.54) is 189 Å². The van der Waals surface area contributed by atoms with Crippen molar-refractivity contribution in [3.63, 3.8) is 0 Å². The van der Waals surface area contributed by atoms with Crippen LogP contribution in [0.25, 0.3) is 0 Å². The van der Waals surface area contributed by atoms with Crippen LogP contribution in [0.2, 0.25) is 0 Å². The van der Waals surface area contributed by atoms with Crippen LogP contribution in [-0.2, 0) is 0 Å². The number of hydrogen-bond acceptors (Lipinski definition) is 0. The van der Waals surface area contributed by atoms with Crippen LogP contribution in [0.15, 0.2) is 0 Å². The smallest absolute Gasteiger partial charge is 0.0782 e. The molecule has 0 aliphatic heterocycles. The summed E-state index contributed by atoms with van der Waals surface area (Å²) in [5.74, 6) is 0. The molecule has 0 heterocycles. The average Bonchev–Trinajstić information content (AvgIpc) is 2.83. The van der Waals surface area contributed by atoms with Gasteiger partial charge in [0.1, 0.15) is 0 Å². The molecule has 0 aliphatic rings. The normalized spacial score (nSPS) is 11.8. The molecular weight excluding hydrogens is 596 g/mol. The number of unbranched alkanes of at least 4 members (excludes halogenated alkanes) is 21. The minimum Gasteiger partial charge on any atom is -1.00 e. The maximum atomic E-state index is 2.46. The summed E-state index contributed by atoms with van der Waals surface area (Å²) in [6.07, 6.45) is 34.6. The van der Waals surface area contributed by atoms with Crippen LogP contribution in [0.3, 0.4) is 0 Å². The molecule has 0 bridgehead atoms. The molecule has 4 heteroatoms. The largest absolute Gasteiger partial charge is 1.00 e. The van der Waals surface area contributed by atoms with Crippen molar-refractivity contribution in [2.45, 2.75) is 168 Å². The fraction of sp³-hybridized carbons (Fsp3) is 1.00. The van der Waals surface area contributed by atoms with E-state index in [9.17, 15) is 0 Å². The van der Waals surface area contributed by atoms with Gasteiger partial charge in [0.2, 0.25) is 0 Å². The fourth-order valence-electron chi connectivity index (χ4n) is 5.71. The Morgan fingerprint density at radius 2 is 0.421 bits per heavy atom. The summed E-state index contributed by atoms with van der Waals surface area (Å²) < 4.78 is 2.46. The molecule has 0 aliphatic carbocycles. The van der Waals surface area contributed by atoms with Crippen molar-refractivity contribution in [1.82, 2.24) is 0 Å². The van der Waals surface area contributed by atoms with Gasteiger partial charge in [0.15, 0.2) is 0 Å². The Labute approximate surface area is 264 Å². The van der Waals surface area contributed by atoms with E-state index in [-0.39, 0.29) is 34.0 Å². The molecule has 0 aromatic heterocycles. The van der Waals surface area contributed by atoms with E-state index in [0.717, 1.165) is 0 Å². The van der Waals surface area contributed by atoms with E-state index in [1.807, 2.05) is 0 Å². The monoisotopic (exact) mass is 668 g/mol. The third kappa shape index (κ3) is 33.1. The van der Waals surface area contributed by atoms with E-state index in [4.69, 9.17) is 0 Å². The number of nitrogens with zero attached hydrogens (tertiary/aromatic N) is 2. The number of halogens is 2. The Bertz CT molecular complexity index is 440. The van der Waals surface area contributed by atoms with Crippen molar-refractivity contribution in [2.75, 3.05) is 54.4 Å². The lowest BCUT2D eigenvalue weighted by Crippen LogP contribution is -3.00. The molecule has 0 N–H and O–H groups in total. The fourth-order valence-corrected chi connectivity index (χ4v) is 5.71. The zero-order chi connectivity index (χ0) is 26.8. The number of quaternary nitrogens is 2. The molecule has 0 saturated heterocycles. The van der Waals surface area contributed by atoms with Crippen LogP contribution in [-0.4, -0.2) is 63.3 Å². The van der Waals surface area contributed by atoms with Crippen molar-refractivity contribution >= 4 is 0 Å². The van der Waals surface area contributed by atoms with Crippen LogP contribution in [0.1, 0.15) is 168 Å².